The summed E-state index contributed by atoms with van der Waals surface area (Å²) >= 11 is 8.52. The molecule has 0 N–H and O–H groups in total. The van der Waals surface area contributed by atoms with Gasteiger partial charge in [0.2, 0.25) is 0 Å². The molecule has 0 unspecified atom stereocenters. The molecule has 44 heavy (non-hydrogen) atoms. The molecule has 0 bridgehead atoms. The zero-order valence-corrected chi connectivity index (χ0v) is 30.6. The van der Waals surface area contributed by atoms with E-state index >= 15 is 0 Å². The minimum atomic E-state index is -5.13. The van der Waals surface area contributed by atoms with Crippen molar-refractivity contribution < 1.29 is 18.0 Å². The molecule has 0 aliphatic heterocycles. The molecule has 2 aliphatic rings. The van der Waals surface area contributed by atoms with Crippen LogP contribution in [0.2, 0.25) is 10.0 Å². The van der Waals surface area contributed by atoms with Crippen molar-refractivity contribution in [3.8, 4) is 11.1 Å². The van der Waals surface area contributed by atoms with E-state index in [4.69, 9.17) is 27.5 Å². The van der Waals surface area contributed by atoms with E-state index in [1.807, 2.05) is 12.1 Å². The predicted octanol–water partition coefficient (Wildman–Crippen LogP) is 9.96. The van der Waals surface area contributed by atoms with E-state index < -0.39 is 18.0 Å². The fraction of sp³-hybridized carbons (Fsp3) is 0.0513. The van der Waals surface area contributed by atoms with Crippen molar-refractivity contribution in [2.45, 2.75) is 12.8 Å². The zero-order valence-electron chi connectivity index (χ0n) is 23.9. The summed E-state index contributed by atoms with van der Waals surface area (Å²) in [7, 11) is 0. The Morgan fingerprint density at radius 1 is 0.636 bits per heavy atom. The van der Waals surface area contributed by atoms with Crippen molar-refractivity contribution in [3.05, 3.63) is 158 Å². The van der Waals surface area contributed by atoms with E-state index in [9.17, 15) is 0 Å². The molecular formula is C39H30Cl4Hf. The maximum atomic E-state index is 6.82. The molecule has 2 aliphatic carbocycles. The van der Waals surface area contributed by atoms with Gasteiger partial charge in [0, 0.05) is 0 Å². The first kappa shape index (κ1) is 31.2. The molecular weight excluding hydrogens is 789 g/mol. The molecule has 0 nitrogen and oxygen atoms in total. The summed E-state index contributed by atoms with van der Waals surface area (Å²) < 4.78 is 10.8. The van der Waals surface area contributed by atoms with Gasteiger partial charge in [-0.2, -0.15) is 0 Å². The second-order valence-electron chi connectivity index (χ2n) is 11.8. The van der Waals surface area contributed by atoms with Crippen LogP contribution in [0.3, 0.4) is 0 Å². The summed E-state index contributed by atoms with van der Waals surface area (Å²) in [6.45, 7) is 0. The van der Waals surface area contributed by atoms with Gasteiger partial charge in [0.25, 0.3) is 0 Å². The molecule has 0 atom stereocenters. The predicted molar refractivity (Wildman–Crippen MR) is 195 cm³/mol. The Labute approximate surface area is 281 Å². The van der Waals surface area contributed by atoms with Gasteiger partial charge in [-0.05, 0) is 0 Å². The van der Waals surface area contributed by atoms with E-state index in [1.54, 1.807) is 0 Å². The standard InChI is InChI=1S/C21H13.2C6H4Cl.C5H5.CH2.2ClH.Hf/c1-2-8-15-14(7-1)13-20-18-11-4-3-9-16(18)17-10-5-6-12-19(17)21(15)20;2*7-6-4-2-1-3-5-6;1-2-4-5-3-1;;;;/h1-10,12H,13H2;2*1-2,4-5H;1-3H,4H2;1H2;2*1H;. The van der Waals surface area contributed by atoms with Crippen LogP contribution in [-0.2, 0) is 24.4 Å². The van der Waals surface area contributed by atoms with Crippen LogP contribution < -0.4 is 9.96 Å². The molecule has 0 heterocycles. The molecule has 0 saturated heterocycles. The monoisotopic (exact) mass is 818 g/mol. The Morgan fingerprint density at radius 2 is 1.25 bits per heavy atom. The third-order valence-corrected chi connectivity index (χ3v) is 33.9. The topological polar surface area (TPSA) is 0 Å². The van der Waals surface area contributed by atoms with Gasteiger partial charge < -0.3 is 0 Å². The van der Waals surface area contributed by atoms with Gasteiger partial charge in [-0.15, -0.1) is 24.8 Å². The third-order valence-electron chi connectivity index (χ3n) is 9.81. The number of hydrogen-bond acceptors (Lipinski definition) is 0. The minimum absolute atomic E-state index is 0. The molecule has 0 aromatic heterocycles. The number of halogens is 4. The Morgan fingerprint density at radius 3 is 1.91 bits per heavy atom. The molecule has 0 amide bonds. The Hall–Kier alpha value is -2.78. The summed E-state index contributed by atoms with van der Waals surface area (Å²) in [6, 6.07) is 41.8. The maximum absolute atomic E-state index is 6.82. The van der Waals surface area contributed by atoms with Crippen LogP contribution in [0.1, 0.15) is 17.5 Å². The van der Waals surface area contributed by atoms with Crippen LogP contribution in [0.15, 0.2) is 137 Å². The number of allylic oxidation sites excluding steroid dienone is 4. The van der Waals surface area contributed by atoms with E-state index in [2.05, 4.69) is 121 Å². The first-order valence-electron chi connectivity index (χ1n) is 14.4. The summed E-state index contributed by atoms with van der Waals surface area (Å²) in [5.41, 5.74) is 5.49. The molecule has 218 valence electrons. The van der Waals surface area contributed by atoms with Gasteiger partial charge in [-0.1, -0.05) is 0 Å². The molecule has 0 saturated carbocycles. The van der Waals surface area contributed by atoms with Crippen molar-refractivity contribution in [2.75, 3.05) is 0 Å². The number of fused-ring (bicyclic) bond motifs is 8. The molecule has 8 rings (SSSR count). The van der Waals surface area contributed by atoms with Gasteiger partial charge in [0.15, 0.2) is 0 Å². The van der Waals surface area contributed by atoms with Gasteiger partial charge in [-0.25, -0.2) is 0 Å². The molecule has 0 spiro atoms. The van der Waals surface area contributed by atoms with E-state index in [-0.39, 0.29) is 24.8 Å². The Kier molecular flexibility index (Phi) is 8.19. The first-order valence-corrected chi connectivity index (χ1v) is 24.9. The van der Waals surface area contributed by atoms with E-state index in [0.717, 1.165) is 22.9 Å². The fourth-order valence-corrected chi connectivity index (χ4v) is 31.4. The zero-order chi connectivity index (χ0) is 28.5. The van der Waals surface area contributed by atoms with Gasteiger partial charge in [0.05, 0.1) is 0 Å². The van der Waals surface area contributed by atoms with Crippen LogP contribution in [0.5, 0.6) is 0 Å². The van der Waals surface area contributed by atoms with Crippen molar-refractivity contribution in [2.24, 2.45) is 0 Å². The van der Waals surface area contributed by atoms with Crippen molar-refractivity contribution in [1.82, 2.24) is 0 Å². The molecule has 6 aromatic carbocycles. The second kappa shape index (κ2) is 11.5. The normalized spacial score (nSPS) is 13.7. The summed E-state index contributed by atoms with van der Waals surface area (Å²) in [5.74, 6) is 0. The van der Waals surface area contributed by atoms with Crippen LogP contribution in [0.4, 0.5) is 0 Å². The van der Waals surface area contributed by atoms with E-state index in [0.29, 0.717) is 0 Å². The first-order chi connectivity index (χ1) is 20.5. The van der Waals surface area contributed by atoms with Gasteiger partial charge in [-0.3, -0.25) is 0 Å². The van der Waals surface area contributed by atoms with Crippen molar-refractivity contribution in [3.63, 3.8) is 0 Å². The van der Waals surface area contributed by atoms with Gasteiger partial charge >= 0.3 is 259 Å². The van der Waals surface area contributed by atoms with Crippen molar-refractivity contribution >= 4 is 83.8 Å². The van der Waals surface area contributed by atoms with Crippen LogP contribution in [0.25, 0.3) is 32.7 Å². The third kappa shape index (κ3) is 4.24. The van der Waals surface area contributed by atoms with Gasteiger partial charge in [0.1, 0.15) is 0 Å². The molecule has 5 heteroatoms. The van der Waals surface area contributed by atoms with Crippen LogP contribution >= 0.6 is 48.0 Å². The number of hydrogen-bond donors (Lipinski definition) is 0. The molecule has 0 radical (unpaired) electrons. The van der Waals surface area contributed by atoms with E-state index in [1.165, 1.54) is 57.1 Å². The number of rotatable bonds is 4. The summed E-state index contributed by atoms with van der Waals surface area (Å²) in [4.78, 5) is 0. The quantitative estimate of drug-likeness (QED) is 0.123. The second-order valence-corrected chi connectivity index (χ2v) is 31.5. The van der Waals surface area contributed by atoms with Crippen LogP contribution in [0, 0.1) is 0 Å². The summed E-state index contributed by atoms with van der Waals surface area (Å²) in [6.07, 6.45) is 8.57. The fourth-order valence-electron chi connectivity index (χ4n) is 7.92. The summed E-state index contributed by atoms with van der Waals surface area (Å²) in [5, 5.41) is 6.70. The average Bonchev–Trinajstić information content (AvgIpc) is 3.70. The Balaban J connectivity index is 0.00000171. The average molecular weight is 819 g/mol. The van der Waals surface area contributed by atoms with Crippen molar-refractivity contribution in [1.29, 1.82) is 0 Å². The molecule has 0 fully saturated rings. The Bertz CT molecular complexity index is 2190. The van der Waals surface area contributed by atoms with Crippen LogP contribution in [-0.4, -0.2) is 4.26 Å². The molecule has 6 aromatic rings. The SMILES string of the molecule is Cl.Cl.[CH2]=[Hf]([C]1=CC=CC1)([c]1cccc(Cl)c1)([c]1cccc(Cl)c1)[c]1cccc2c1c1c(c3ccccc32)-c2ccccc2C1. The number of benzene rings is 6.